The molecule has 0 aromatic heterocycles. The molecule has 0 atom stereocenters. The Kier molecular flexibility index (Phi) is 3.37. The Hall–Kier alpha value is -1.37. The molecule has 7 heteroatoms. The van der Waals surface area contributed by atoms with Gasteiger partial charge in [-0.2, -0.15) is 0 Å². The van der Waals surface area contributed by atoms with Crippen molar-refractivity contribution in [2.45, 2.75) is 19.1 Å². The summed E-state index contributed by atoms with van der Waals surface area (Å²) < 4.78 is 50.6. The molecule has 0 radical (unpaired) electrons. The van der Waals surface area contributed by atoms with Crippen LogP contribution < -0.4 is 4.72 Å². The van der Waals surface area contributed by atoms with Crippen LogP contribution in [0.5, 0.6) is 5.75 Å². The molecule has 1 aromatic rings. The van der Waals surface area contributed by atoms with Crippen molar-refractivity contribution in [1.82, 2.24) is 0 Å². The molecule has 0 aliphatic heterocycles. The maximum absolute atomic E-state index is 12.9. The molecule has 1 aromatic carbocycles. The van der Waals surface area contributed by atoms with Crippen molar-refractivity contribution >= 4 is 15.7 Å². The van der Waals surface area contributed by atoms with Crippen LogP contribution in [0.2, 0.25) is 0 Å². The fraction of sp³-hybridized carbons (Fsp3) is 0.333. The monoisotopic (exact) mass is 251 g/mol. The molecular formula is C9H11F2NO3S. The van der Waals surface area contributed by atoms with Gasteiger partial charge in [-0.05, 0) is 13.8 Å². The zero-order chi connectivity index (χ0) is 12.5. The lowest BCUT2D eigenvalue weighted by molar-refractivity contribution is 0.396. The molecule has 0 amide bonds. The van der Waals surface area contributed by atoms with E-state index in [2.05, 4.69) is 0 Å². The highest BCUT2D eigenvalue weighted by Gasteiger charge is 2.17. The van der Waals surface area contributed by atoms with Gasteiger partial charge in [0.05, 0.1) is 10.9 Å². The molecule has 0 bridgehead atoms. The predicted octanol–water partition coefficient (Wildman–Crippen LogP) is 1.82. The van der Waals surface area contributed by atoms with E-state index < -0.39 is 32.7 Å². The highest BCUT2D eigenvalue weighted by atomic mass is 32.2. The Morgan fingerprint density at radius 3 is 2.06 bits per heavy atom. The van der Waals surface area contributed by atoms with Gasteiger partial charge in [-0.1, -0.05) is 0 Å². The molecule has 90 valence electrons. The molecule has 0 saturated heterocycles. The largest absolute Gasteiger partial charge is 0.503 e. The van der Waals surface area contributed by atoms with Gasteiger partial charge < -0.3 is 5.11 Å². The molecule has 0 spiro atoms. The van der Waals surface area contributed by atoms with E-state index in [9.17, 15) is 17.2 Å². The topological polar surface area (TPSA) is 66.4 Å². The van der Waals surface area contributed by atoms with E-state index in [0.717, 1.165) is 0 Å². The maximum Gasteiger partial charge on any atom is 0.235 e. The van der Waals surface area contributed by atoms with Crippen LogP contribution in [-0.4, -0.2) is 18.8 Å². The molecule has 4 nitrogen and oxygen atoms in total. The van der Waals surface area contributed by atoms with Gasteiger partial charge in [-0.15, -0.1) is 0 Å². The first-order chi connectivity index (χ1) is 7.24. The van der Waals surface area contributed by atoms with Gasteiger partial charge >= 0.3 is 0 Å². The summed E-state index contributed by atoms with van der Waals surface area (Å²) >= 11 is 0. The zero-order valence-corrected chi connectivity index (χ0v) is 9.48. The van der Waals surface area contributed by atoms with Gasteiger partial charge in [0.1, 0.15) is 0 Å². The molecule has 2 N–H and O–H groups in total. The van der Waals surface area contributed by atoms with E-state index in [0.29, 0.717) is 12.1 Å². The average Bonchev–Trinajstić information content (AvgIpc) is 2.13. The van der Waals surface area contributed by atoms with E-state index in [1.807, 2.05) is 4.72 Å². The van der Waals surface area contributed by atoms with Crippen molar-refractivity contribution in [2.75, 3.05) is 4.72 Å². The van der Waals surface area contributed by atoms with Crippen LogP contribution in [0.4, 0.5) is 14.5 Å². The quantitative estimate of drug-likeness (QED) is 0.805. The van der Waals surface area contributed by atoms with Crippen LogP contribution in [0.1, 0.15) is 13.8 Å². The van der Waals surface area contributed by atoms with Crippen molar-refractivity contribution in [1.29, 1.82) is 0 Å². The second-order valence-electron chi connectivity index (χ2n) is 3.48. The maximum atomic E-state index is 12.9. The number of hydrogen-bond donors (Lipinski definition) is 2. The first-order valence-corrected chi connectivity index (χ1v) is 5.98. The van der Waals surface area contributed by atoms with Crippen LogP contribution in [0.15, 0.2) is 12.1 Å². The third-order valence-electron chi connectivity index (χ3n) is 1.90. The Balaban J connectivity index is 3.09. The molecule has 0 fully saturated rings. The summed E-state index contributed by atoms with van der Waals surface area (Å²) in [6, 6.07) is 1.41. The second kappa shape index (κ2) is 4.25. The van der Waals surface area contributed by atoms with Gasteiger partial charge in [0, 0.05) is 12.1 Å². The summed E-state index contributed by atoms with van der Waals surface area (Å²) in [7, 11) is -3.66. The average molecular weight is 251 g/mol. The number of halogens is 2. The van der Waals surface area contributed by atoms with E-state index in [1.165, 1.54) is 13.8 Å². The van der Waals surface area contributed by atoms with Crippen LogP contribution >= 0.6 is 0 Å². The first kappa shape index (κ1) is 12.7. The minimum Gasteiger partial charge on any atom is -0.503 e. The smallest absolute Gasteiger partial charge is 0.235 e. The highest BCUT2D eigenvalue weighted by molar-refractivity contribution is 7.93. The predicted molar refractivity (Wildman–Crippen MR) is 55.7 cm³/mol. The number of hydrogen-bond acceptors (Lipinski definition) is 3. The van der Waals surface area contributed by atoms with Crippen molar-refractivity contribution < 1.29 is 22.3 Å². The summed E-state index contributed by atoms with van der Waals surface area (Å²) in [4.78, 5) is 0. The number of aromatic hydroxyl groups is 1. The van der Waals surface area contributed by atoms with E-state index in [-0.39, 0.29) is 5.69 Å². The number of anilines is 1. The van der Waals surface area contributed by atoms with E-state index >= 15 is 0 Å². The molecule has 0 saturated carbocycles. The number of phenols is 1. The van der Waals surface area contributed by atoms with Gasteiger partial charge in [-0.3, -0.25) is 4.72 Å². The van der Waals surface area contributed by atoms with Crippen LogP contribution in [-0.2, 0) is 10.0 Å². The fourth-order valence-corrected chi connectivity index (χ4v) is 1.59. The summed E-state index contributed by atoms with van der Waals surface area (Å²) in [6.45, 7) is 2.85. The zero-order valence-electron chi connectivity index (χ0n) is 8.66. The number of phenolic OH excluding ortho intramolecular Hbond substituents is 1. The fourth-order valence-electron chi connectivity index (χ4n) is 0.907. The Bertz CT molecular complexity index is 476. The van der Waals surface area contributed by atoms with Crippen LogP contribution in [0.3, 0.4) is 0 Å². The van der Waals surface area contributed by atoms with Gasteiger partial charge in [0.15, 0.2) is 17.4 Å². The van der Waals surface area contributed by atoms with Gasteiger partial charge in [-0.25, -0.2) is 17.2 Å². The summed E-state index contributed by atoms with van der Waals surface area (Å²) in [5.74, 6) is -3.57. The Morgan fingerprint density at radius 2 is 1.69 bits per heavy atom. The lowest BCUT2D eigenvalue weighted by atomic mass is 10.3. The van der Waals surface area contributed by atoms with E-state index in [4.69, 9.17) is 5.11 Å². The standard InChI is InChI=1S/C9H11F2NO3S/c1-5(2)16(14,15)12-6-3-7(10)9(13)8(11)4-6/h3-5,12-13H,1-2H3. The number of benzene rings is 1. The summed E-state index contributed by atoms with van der Waals surface area (Å²) in [5.41, 5.74) is -0.262. The van der Waals surface area contributed by atoms with Crippen LogP contribution in [0.25, 0.3) is 0 Å². The van der Waals surface area contributed by atoms with Crippen molar-refractivity contribution in [3.05, 3.63) is 23.8 Å². The molecular weight excluding hydrogens is 240 g/mol. The Labute approximate surface area is 92.0 Å². The molecule has 0 aliphatic rings. The van der Waals surface area contributed by atoms with Crippen molar-refractivity contribution in [3.63, 3.8) is 0 Å². The van der Waals surface area contributed by atoms with Crippen molar-refractivity contribution in [3.8, 4) is 5.75 Å². The molecule has 0 aliphatic carbocycles. The SMILES string of the molecule is CC(C)S(=O)(=O)Nc1cc(F)c(O)c(F)c1. The molecule has 1 rings (SSSR count). The number of nitrogens with one attached hydrogen (secondary N) is 1. The van der Waals surface area contributed by atoms with Gasteiger partial charge in [0.25, 0.3) is 0 Å². The molecule has 16 heavy (non-hydrogen) atoms. The molecule has 0 unspecified atom stereocenters. The van der Waals surface area contributed by atoms with Gasteiger partial charge in [0.2, 0.25) is 10.0 Å². The third kappa shape index (κ3) is 2.60. The highest BCUT2D eigenvalue weighted by Crippen LogP contribution is 2.25. The van der Waals surface area contributed by atoms with E-state index in [1.54, 1.807) is 0 Å². The second-order valence-corrected chi connectivity index (χ2v) is 5.72. The third-order valence-corrected chi connectivity index (χ3v) is 3.66. The lowest BCUT2D eigenvalue weighted by Gasteiger charge is -2.11. The minimum absolute atomic E-state index is 0.262. The number of sulfonamides is 1. The first-order valence-electron chi connectivity index (χ1n) is 4.43. The molecule has 0 heterocycles. The van der Waals surface area contributed by atoms with Crippen molar-refractivity contribution in [2.24, 2.45) is 0 Å². The lowest BCUT2D eigenvalue weighted by Crippen LogP contribution is -2.22. The minimum atomic E-state index is -3.66. The normalized spacial score (nSPS) is 11.8. The van der Waals surface area contributed by atoms with Crippen LogP contribution in [0, 0.1) is 11.6 Å². The summed E-state index contributed by atoms with van der Waals surface area (Å²) in [5, 5.41) is 8.08. The Morgan fingerprint density at radius 1 is 1.25 bits per heavy atom. The summed E-state index contributed by atoms with van der Waals surface area (Å²) in [6.07, 6.45) is 0. The number of rotatable bonds is 3.